The van der Waals surface area contributed by atoms with Gasteiger partial charge in [0.15, 0.2) is 0 Å². The van der Waals surface area contributed by atoms with Gasteiger partial charge in [0.2, 0.25) is 11.8 Å². The summed E-state index contributed by atoms with van der Waals surface area (Å²) in [4.78, 5) is 22.8. The van der Waals surface area contributed by atoms with E-state index in [0.29, 0.717) is 6.04 Å². The van der Waals surface area contributed by atoms with Crippen LogP contribution in [0.1, 0.15) is 33.6 Å². The highest BCUT2D eigenvalue weighted by Gasteiger charge is 2.26. The molecule has 1 aliphatic carbocycles. The molecule has 5 heteroatoms. The first kappa shape index (κ1) is 13.0. The van der Waals surface area contributed by atoms with E-state index in [-0.39, 0.29) is 24.5 Å². The van der Waals surface area contributed by atoms with Crippen LogP contribution in [0.4, 0.5) is 0 Å². The average Bonchev–Trinajstić information content (AvgIpc) is 2.98. The van der Waals surface area contributed by atoms with Crippen LogP contribution >= 0.6 is 0 Å². The molecule has 0 saturated heterocycles. The normalized spacial score (nSPS) is 17.0. The van der Waals surface area contributed by atoms with E-state index < -0.39 is 6.04 Å². The number of hydrogen-bond donors (Lipinski definition) is 2. The van der Waals surface area contributed by atoms with E-state index in [1.165, 1.54) is 0 Å². The van der Waals surface area contributed by atoms with Gasteiger partial charge in [-0.15, -0.1) is 0 Å². The van der Waals surface area contributed by atoms with E-state index in [4.69, 9.17) is 4.74 Å². The van der Waals surface area contributed by atoms with Crippen molar-refractivity contribution in [2.75, 3.05) is 6.61 Å². The van der Waals surface area contributed by atoms with Crippen LogP contribution in [0.2, 0.25) is 0 Å². The van der Waals surface area contributed by atoms with Crippen molar-refractivity contribution in [3.63, 3.8) is 0 Å². The van der Waals surface area contributed by atoms with Gasteiger partial charge in [-0.25, -0.2) is 0 Å². The lowest BCUT2D eigenvalue weighted by atomic mass is 10.3. The van der Waals surface area contributed by atoms with Crippen LogP contribution in [0, 0.1) is 0 Å². The summed E-state index contributed by atoms with van der Waals surface area (Å²) in [5, 5.41) is 5.42. The molecule has 2 amide bonds. The van der Waals surface area contributed by atoms with Crippen molar-refractivity contribution in [3.8, 4) is 0 Å². The van der Waals surface area contributed by atoms with Gasteiger partial charge in [-0.05, 0) is 33.6 Å². The van der Waals surface area contributed by atoms with E-state index >= 15 is 0 Å². The second-order valence-electron chi connectivity index (χ2n) is 4.43. The summed E-state index contributed by atoms with van der Waals surface area (Å²) in [6.07, 6.45) is 2.10. The summed E-state index contributed by atoms with van der Waals surface area (Å²) >= 11 is 0. The third-order valence-corrected chi connectivity index (χ3v) is 2.24. The molecule has 1 fully saturated rings. The number of carbonyl (C=O) groups excluding carboxylic acids is 2. The van der Waals surface area contributed by atoms with Gasteiger partial charge >= 0.3 is 0 Å². The monoisotopic (exact) mass is 228 g/mol. The summed E-state index contributed by atoms with van der Waals surface area (Å²) in [5.74, 6) is -0.382. The molecule has 1 saturated carbocycles. The van der Waals surface area contributed by atoms with Gasteiger partial charge < -0.3 is 15.4 Å². The van der Waals surface area contributed by atoms with Crippen molar-refractivity contribution in [2.24, 2.45) is 0 Å². The predicted octanol–water partition coefficient (Wildman–Crippen LogP) is 0.195. The van der Waals surface area contributed by atoms with E-state index in [0.717, 1.165) is 12.8 Å². The highest BCUT2D eigenvalue weighted by Crippen LogP contribution is 2.18. The SMILES string of the molecule is CC(C)OCC(=O)NC(C)C(=O)NC1CC1. The number of nitrogens with one attached hydrogen (secondary N) is 2. The van der Waals surface area contributed by atoms with E-state index in [9.17, 15) is 9.59 Å². The topological polar surface area (TPSA) is 67.4 Å². The molecule has 0 aromatic heterocycles. The summed E-state index contributed by atoms with van der Waals surface area (Å²) < 4.78 is 5.13. The number of carbonyl (C=O) groups is 2. The first-order valence-electron chi connectivity index (χ1n) is 5.70. The van der Waals surface area contributed by atoms with Gasteiger partial charge in [0.1, 0.15) is 12.6 Å². The van der Waals surface area contributed by atoms with Gasteiger partial charge in [0, 0.05) is 6.04 Å². The summed E-state index contributed by atoms with van der Waals surface area (Å²) in [5.41, 5.74) is 0. The number of rotatable bonds is 6. The van der Waals surface area contributed by atoms with Crippen LogP contribution in [0.3, 0.4) is 0 Å². The molecular formula is C11H20N2O3. The summed E-state index contributed by atoms with van der Waals surface area (Å²) in [7, 11) is 0. The molecule has 0 radical (unpaired) electrons. The second-order valence-corrected chi connectivity index (χ2v) is 4.43. The maximum absolute atomic E-state index is 11.5. The van der Waals surface area contributed by atoms with Crippen LogP contribution in [0.25, 0.3) is 0 Å². The Morgan fingerprint density at radius 3 is 2.44 bits per heavy atom. The number of ether oxygens (including phenoxy) is 1. The Labute approximate surface area is 95.9 Å². The second kappa shape index (κ2) is 5.84. The Kier molecular flexibility index (Phi) is 4.73. The van der Waals surface area contributed by atoms with E-state index in [2.05, 4.69) is 10.6 Å². The molecule has 0 aliphatic heterocycles. The third kappa shape index (κ3) is 5.11. The van der Waals surface area contributed by atoms with Crippen molar-refractivity contribution in [1.29, 1.82) is 0 Å². The fourth-order valence-corrected chi connectivity index (χ4v) is 1.14. The maximum Gasteiger partial charge on any atom is 0.246 e. The Bertz CT molecular complexity index is 262. The molecule has 1 aliphatic rings. The Morgan fingerprint density at radius 1 is 1.31 bits per heavy atom. The van der Waals surface area contributed by atoms with Crippen molar-refractivity contribution >= 4 is 11.8 Å². The lowest BCUT2D eigenvalue weighted by Gasteiger charge is -2.14. The third-order valence-electron chi connectivity index (χ3n) is 2.24. The molecular weight excluding hydrogens is 208 g/mol. The minimum absolute atomic E-state index is 0.00127. The van der Waals surface area contributed by atoms with E-state index in [1.54, 1.807) is 6.92 Å². The molecule has 0 aromatic carbocycles. The predicted molar refractivity (Wildman–Crippen MR) is 59.9 cm³/mol. The lowest BCUT2D eigenvalue weighted by molar-refractivity contribution is -0.132. The van der Waals surface area contributed by atoms with Crippen LogP contribution in [-0.4, -0.2) is 36.6 Å². The van der Waals surface area contributed by atoms with Crippen molar-refractivity contribution in [1.82, 2.24) is 10.6 Å². The highest BCUT2D eigenvalue weighted by molar-refractivity contribution is 5.87. The standard InChI is InChI=1S/C11H20N2O3/c1-7(2)16-6-10(14)12-8(3)11(15)13-9-4-5-9/h7-9H,4-6H2,1-3H3,(H,12,14)(H,13,15). The average molecular weight is 228 g/mol. The largest absolute Gasteiger partial charge is 0.369 e. The molecule has 0 spiro atoms. The fourth-order valence-electron chi connectivity index (χ4n) is 1.14. The fraction of sp³-hybridized carbons (Fsp3) is 0.818. The van der Waals surface area contributed by atoms with Crippen LogP contribution in [0.15, 0.2) is 0 Å². The van der Waals surface area contributed by atoms with Gasteiger partial charge in [-0.3, -0.25) is 9.59 Å². The van der Waals surface area contributed by atoms with Crippen LogP contribution in [0.5, 0.6) is 0 Å². The maximum atomic E-state index is 11.5. The Morgan fingerprint density at radius 2 is 1.94 bits per heavy atom. The number of amides is 2. The molecule has 2 N–H and O–H groups in total. The van der Waals surface area contributed by atoms with Crippen molar-refractivity contribution in [2.45, 2.75) is 51.8 Å². The van der Waals surface area contributed by atoms with Gasteiger partial charge in [-0.2, -0.15) is 0 Å². The zero-order valence-corrected chi connectivity index (χ0v) is 10.1. The molecule has 1 unspecified atom stereocenters. The van der Waals surface area contributed by atoms with Crippen molar-refractivity contribution in [3.05, 3.63) is 0 Å². The minimum Gasteiger partial charge on any atom is -0.369 e. The smallest absolute Gasteiger partial charge is 0.246 e. The molecule has 92 valence electrons. The first-order chi connectivity index (χ1) is 7.49. The Hall–Kier alpha value is -1.10. The van der Waals surface area contributed by atoms with Gasteiger partial charge in [0.25, 0.3) is 0 Å². The summed E-state index contributed by atoms with van der Waals surface area (Å²) in [6.45, 7) is 5.39. The van der Waals surface area contributed by atoms with Gasteiger partial charge in [0.05, 0.1) is 6.10 Å². The Balaban J connectivity index is 2.18. The molecule has 16 heavy (non-hydrogen) atoms. The van der Waals surface area contributed by atoms with Crippen molar-refractivity contribution < 1.29 is 14.3 Å². The zero-order valence-electron chi connectivity index (χ0n) is 10.1. The zero-order chi connectivity index (χ0) is 12.1. The highest BCUT2D eigenvalue weighted by atomic mass is 16.5. The van der Waals surface area contributed by atoms with Crippen LogP contribution in [-0.2, 0) is 14.3 Å². The first-order valence-corrected chi connectivity index (χ1v) is 5.70. The molecule has 0 heterocycles. The van der Waals surface area contributed by atoms with Crippen LogP contribution < -0.4 is 10.6 Å². The van der Waals surface area contributed by atoms with E-state index in [1.807, 2.05) is 13.8 Å². The molecule has 0 bridgehead atoms. The molecule has 0 aromatic rings. The minimum atomic E-state index is -0.496. The molecule has 5 nitrogen and oxygen atoms in total. The van der Waals surface area contributed by atoms with Gasteiger partial charge in [-0.1, -0.05) is 0 Å². The number of hydrogen-bond acceptors (Lipinski definition) is 3. The molecule has 1 rings (SSSR count). The summed E-state index contributed by atoms with van der Waals surface area (Å²) in [6, 6.07) is -0.178. The molecule has 1 atom stereocenters. The lowest BCUT2D eigenvalue weighted by Crippen LogP contribution is -2.46. The quantitative estimate of drug-likeness (QED) is 0.682.